The summed E-state index contributed by atoms with van der Waals surface area (Å²) in [5.41, 5.74) is 8.95. The molecular weight excluding hydrogens is 226 g/mol. The second kappa shape index (κ2) is 5.18. The number of pyridine rings is 1. The molecule has 2 heterocycles. The van der Waals surface area contributed by atoms with E-state index in [4.69, 9.17) is 5.73 Å². The molecule has 2 aromatic heterocycles. The quantitative estimate of drug-likeness (QED) is 0.880. The molecule has 2 aromatic rings. The predicted molar refractivity (Wildman–Crippen MR) is 72.2 cm³/mol. The van der Waals surface area contributed by atoms with Crippen molar-refractivity contribution in [2.24, 2.45) is 12.8 Å². The molecule has 0 atom stereocenters. The van der Waals surface area contributed by atoms with Gasteiger partial charge in [0.1, 0.15) is 5.82 Å². The van der Waals surface area contributed by atoms with Crippen LogP contribution in [-0.4, -0.2) is 21.8 Å². The van der Waals surface area contributed by atoms with Gasteiger partial charge in [0.15, 0.2) is 0 Å². The fourth-order valence-corrected chi connectivity index (χ4v) is 1.94. The zero-order valence-corrected chi connectivity index (χ0v) is 11.1. The molecule has 5 nitrogen and oxygen atoms in total. The Bertz CT molecular complexity index is 532. The Labute approximate surface area is 107 Å². The number of aryl methyl sites for hydroxylation is 2. The molecule has 0 bridgehead atoms. The van der Waals surface area contributed by atoms with Crippen molar-refractivity contribution in [1.82, 2.24) is 14.8 Å². The number of hydrogen-bond acceptors (Lipinski definition) is 4. The molecule has 96 valence electrons. The van der Waals surface area contributed by atoms with Crippen LogP contribution in [0.25, 0.3) is 0 Å². The molecule has 0 saturated heterocycles. The van der Waals surface area contributed by atoms with Gasteiger partial charge in [-0.25, -0.2) is 4.98 Å². The first-order valence-electron chi connectivity index (χ1n) is 5.95. The number of hydrogen-bond donors (Lipinski definition) is 1. The van der Waals surface area contributed by atoms with E-state index in [9.17, 15) is 0 Å². The van der Waals surface area contributed by atoms with Gasteiger partial charge < -0.3 is 10.6 Å². The summed E-state index contributed by atoms with van der Waals surface area (Å²) < 4.78 is 1.80. The fraction of sp³-hybridized carbons (Fsp3) is 0.385. The first kappa shape index (κ1) is 12.6. The molecule has 18 heavy (non-hydrogen) atoms. The maximum atomic E-state index is 5.68. The molecule has 0 spiro atoms. The zero-order chi connectivity index (χ0) is 13.1. The zero-order valence-electron chi connectivity index (χ0n) is 11.1. The van der Waals surface area contributed by atoms with Gasteiger partial charge in [-0.15, -0.1) is 0 Å². The lowest BCUT2D eigenvalue weighted by atomic mass is 10.2. The van der Waals surface area contributed by atoms with Crippen LogP contribution in [0.4, 0.5) is 5.82 Å². The summed E-state index contributed by atoms with van der Waals surface area (Å²) in [5, 5.41) is 4.16. The summed E-state index contributed by atoms with van der Waals surface area (Å²) in [6.45, 7) is 3.31. The predicted octanol–water partition coefficient (Wildman–Crippen LogP) is 1.22. The Morgan fingerprint density at radius 2 is 2.11 bits per heavy atom. The van der Waals surface area contributed by atoms with E-state index in [1.807, 2.05) is 45.5 Å². The third-order valence-electron chi connectivity index (χ3n) is 2.80. The normalized spacial score (nSPS) is 10.7. The highest BCUT2D eigenvalue weighted by atomic mass is 15.2. The van der Waals surface area contributed by atoms with Gasteiger partial charge in [-0.3, -0.25) is 4.68 Å². The molecule has 0 aliphatic rings. The smallest absolute Gasteiger partial charge is 0.129 e. The van der Waals surface area contributed by atoms with Gasteiger partial charge in [0.05, 0.1) is 6.20 Å². The average Bonchev–Trinajstić information content (AvgIpc) is 2.73. The standard InChI is InChI=1S/C13H19N5/c1-10-4-11(6-14)5-13(16-10)17(2)8-12-7-15-18(3)9-12/h4-5,7,9H,6,8,14H2,1-3H3. The number of nitrogens with zero attached hydrogens (tertiary/aromatic N) is 4. The highest BCUT2D eigenvalue weighted by Crippen LogP contribution is 2.15. The van der Waals surface area contributed by atoms with Crippen molar-refractivity contribution >= 4 is 5.82 Å². The van der Waals surface area contributed by atoms with Gasteiger partial charge in [0, 0.05) is 44.6 Å². The van der Waals surface area contributed by atoms with Crippen molar-refractivity contribution in [3.8, 4) is 0 Å². The Balaban J connectivity index is 2.17. The second-order valence-corrected chi connectivity index (χ2v) is 4.56. The second-order valence-electron chi connectivity index (χ2n) is 4.56. The van der Waals surface area contributed by atoms with Crippen molar-refractivity contribution in [3.05, 3.63) is 41.3 Å². The molecule has 0 aliphatic carbocycles. The maximum absolute atomic E-state index is 5.68. The van der Waals surface area contributed by atoms with Crippen LogP contribution in [-0.2, 0) is 20.1 Å². The molecule has 2 N–H and O–H groups in total. The lowest BCUT2D eigenvalue weighted by Crippen LogP contribution is -2.18. The van der Waals surface area contributed by atoms with Crippen molar-refractivity contribution in [3.63, 3.8) is 0 Å². The molecule has 0 amide bonds. The summed E-state index contributed by atoms with van der Waals surface area (Å²) in [6.07, 6.45) is 3.88. The molecule has 0 fully saturated rings. The molecule has 0 unspecified atom stereocenters. The Hall–Kier alpha value is -1.88. The van der Waals surface area contributed by atoms with Crippen LogP contribution >= 0.6 is 0 Å². The van der Waals surface area contributed by atoms with Gasteiger partial charge in [-0.1, -0.05) is 0 Å². The number of aromatic nitrogens is 3. The molecular formula is C13H19N5. The molecule has 5 heteroatoms. The van der Waals surface area contributed by atoms with Gasteiger partial charge in [-0.2, -0.15) is 5.10 Å². The number of rotatable bonds is 4. The van der Waals surface area contributed by atoms with Crippen LogP contribution in [0.5, 0.6) is 0 Å². The van der Waals surface area contributed by atoms with E-state index >= 15 is 0 Å². The average molecular weight is 245 g/mol. The summed E-state index contributed by atoms with van der Waals surface area (Å²) >= 11 is 0. The largest absolute Gasteiger partial charge is 0.355 e. The molecule has 0 aliphatic heterocycles. The Morgan fingerprint density at radius 3 is 2.72 bits per heavy atom. The Morgan fingerprint density at radius 1 is 1.33 bits per heavy atom. The van der Waals surface area contributed by atoms with E-state index in [-0.39, 0.29) is 0 Å². The van der Waals surface area contributed by atoms with Crippen molar-refractivity contribution in [2.45, 2.75) is 20.0 Å². The van der Waals surface area contributed by atoms with E-state index in [1.165, 1.54) is 0 Å². The third-order valence-corrected chi connectivity index (χ3v) is 2.80. The van der Waals surface area contributed by atoms with Crippen LogP contribution in [0, 0.1) is 6.92 Å². The van der Waals surface area contributed by atoms with Crippen LogP contribution in [0.15, 0.2) is 24.5 Å². The number of anilines is 1. The summed E-state index contributed by atoms with van der Waals surface area (Å²) in [7, 11) is 3.94. The summed E-state index contributed by atoms with van der Waals surface area (Å²) in [5.74, 6) is 0.944. The minimum Gasteiger partial charge on any atom is -0.355 e. The molecule has 2 rings (SSSR count). The SMILES string of the molecule is Cc1cc(CN)cc(N(C)Cc2cnn(C)c2)n1. The molecule has 0 radical (unpaired) electrons. The molecule has 0 aromatic carbocycles. The maximum Gasteiger partial charge on any atom is 0.129 e. The van der Waals surface area contributed by atoms with E-state index < -0.39 is 0 Å². The first-order valence-corrected chi connectivity index (χ1v) is 5.95. The minimum atomic E-state index is 0.539. The lowest BCUT2D eigenvalue weighted by Gasteiger charge is -2.18. The van der Waals surface area contributed by atoms with Gasteiger partial charge in [0.25, 0.3) is 0 Å². The highest BCUT2D eigenvalue weighted by molar-refractivity contribution is 5.42. The summed E-state index contributed by atoms with van der Waals surface area (Å²) in [4.78, 5) is 6.63. The summed E-state index contributed by atoms with van der Waals surface area (Å²) in [6, 6.07) is 4.05. The van der Waals surface area contributed by atoms with Gasteiger partial charge in [0.2, 0.25) is 0 Å². The van der Waals surface area contributed by atoms with Crippen LogP contribution in [0.2, 0.25) is 0 Å². The third kappa shape index (κ3) is 2.87. The van der Waals surface area contributed by atoms with E-state index in [1.54, 1.807) is 4.68 Å². The topological polar surface area (TPSA) is 60.0 Å². The van der Waals surface area contributed by atoms with E-state index in [0.717, 1.165) is 29.2 Å². The van der Waals surface area contributed by atoms with Crippen molar-refractivity contribution in [1.29, 1.82) is 0 Å². The van der Waals surface area contributed by atoms with Gasteiger partial charge in [-0.05, 0) is 24.6 Å². The molecule has 0 saturated carbocycles. The van der Waals surface area contributed by atoms with Crippen molar-refractivity contribution < 1.29 is 0 Å². The van der Waals surface area contributed by atoms with Crippen LogP contribution < -0.4 is 10.6 Å². The van der Waals surface area contributed by atoms with Crippen LogP contribution in [0.1, 0.15) is 16.8 Å². The van der Waals surface area contributed by atoms with E-state index in [0.29, 0.717) is 6.54 Å². The first-order chi connectivity index (χ1) is 8.58. The minimum absolute atomic E-state index is 0.539. The van der Waals surface area contributed by atoms with E-state index in [2.05, 4.69) is 15.0 Å². The fourth-order valence-electron chi connectivity index (χ4n) is 1.94. The highest BCUT2D eigenvalue weighted by Gasteiger charge is 2.07. The van der Waals surface area contributed by atoms with Gasteiger partial charge >= 0.3 is 0 Å². The monoisotopic (exact) mass is 245 g/mol. The lowest BCUT2D eigenvalue weighted by molar-refractivity contribution is 0.766. The van der Waals surface area contributed by atoms with Crippen LogP contribution in [0.3, 0.4) is 0 Å². The van der Waals surface area contributed by atoms with Crippen molar-refractivity contribution in [2.75, 3.05) is 11.9 Å². The number of nitrogens with two attached hydrogens (primary N) is 1. The Kier molecular flexibility index (Phi) is 3.62.